The molecule has 0 saturated carbocycles. The molecule has 1 N–H and O–H groups in total. The maximum absolute atomic E-state index is 11.9. The Labute approximate surface area is 145 Å². The van der Waals surface area contributed by atoms with E-state index in [0.717, 1.165) is 44.0 Å². The van der Waals surface area contributed by atoms with Crippen LogP contribution in [0.25, 0.3) is 0 Å². The Balaban J connectivity index is 1.61. The van der Waals surface area contributed by atoms with Crippen LogP contribution in [0.1, 0.15) is 30.1 Å². The van der Waals surface area contributed by atoms with Gasteiger partial charge in [-0.05, 0) is 24.8 Å². The third-order valence-corrected chi connectivity index (χ3v) is 4.96. The Hall–Kier alpha value is -2.48. The van der Waals surface area contributed by atoms with Crippen molar-refractivity contribution in [3.8, 4) is 0 Å². The zero-order valence-corrected chi connectivity index (χ0v) is 13.9. The largest absolute Gasteiger partial charge is 0.481 e. The number of rotatable bonds is 4. The van der Waals surface area contributed by atoms with Gasteiger partial charge in [-0.2, -0.15) is 0 Å². The van der Waals surface area contributed by atoms with E-state index in [1.807, 2.05) is 9.47 Å². The van der Waals surface area contributed by atoms with Crippen molar-refractivity contribution in [3.63, 3.8) is 0 Å². The SMILES string of the molecule is O=C(O)C1CN(c2ncccn2)Cc2ncn(CC3CCOCC3)c21. The second-order valence-electron chi connectivity index (χ2n) is 6.60. The first-order valence-corrected chi connectivity index (χ1v) is 8.59. The Kier molecular flexibility index (Phi) is 4.35. The van der Waals surface area contributed by atoms with Gasteiger partial charge in [0.1, 0.15) is 5.92 Å². The zero-order chi connectivity index (χ0) is 17.2. The number of carboxylic acid groups (broad SMARTS) is 1. The monoisotopic (exact) mass is 343 g/mol. The fraction of sp³-hybridized carbons (Fsp3) is 0.529. The Morgan fingerprint density at radius 3 is 2.72 bits per heavy atom. The third-order valence-electron chi connectivity index (χ3n) is 4.96. The minimum Gasteiger partial charge on any atom is -0.481 e. The molecule has 1 fully saturated rings. The average molecular weight is 343 g/mol. The Bertz CT molecular complexity index is 742. The number of anilines is 1. The minimum absolute atomic E-state index is 0.353. The lowest BCUT2D eigenvalue weighted by atomic mass is 9.96. The number of carbonyl (C=O) groups is 1. The summed E-state index contributed by atoms with van der Waals surface area (Å²) in [6.07, 6.45) is 7.13. The number of carboxylic acids is 1. The van der Waals surface area contributed by atoms with Gasteiger partial charge in [-0.15, -0.1) is 0 Å². The molecule has 25 heavy (non-hydrogen) atoms. The second-order valence-corrected chi connectivity index (χ2v) is 6.60. The maximum Gasteiger partial charge on any atom is 0.314 e. The first-order chi connectivity index (χ1) is 12.2. The highest BCUT2D eigenvalue weighted by molar-refractivity contribution is 5.77. The highest BCUT2D eigenvalue weighted by atomic mass is 16.5. The predicted octanol–water partition coefficient (Wildman–Crippen LogP) is 1.29. The molecule has 2 aromatic rings. The predicted molar refractivity (Wildman–Crippen MR) is 89.2 cm³/mol. The number of ether oxygens (including phenoxy) is 1. The standard InChI is InChI=1S/C17H21N5O3/c23-16(24)13-9-21(17-18-4-1-5-19-17)10-14-15(13)22(11-20-14)8-12-2-6-25-7-3-12/h1,4-5,11-13H,2-3,6-10H2,(H,23,24). The van der Waals surface area contributed by atoms with Gasteiger partial charge in [0.2, 0.25) is 5.95 Å². The van der Waals surface area contributed by atoms with Crippen LogP contribution in [0, 0.1) is 5.92 Å². The molecule has 2 aliphatic rings. The fourth-order valence-corrected chi connectivity index (χ4v) is 3.66. The van der Waals surface area contributed by atoms with Crippen LogP contribution < -0.4 is 4.90 Å². The average Bonchev–Trinajstić information content (AvgIpc) is 3.05. The first kappa shape index (κ1) is 16.0. The van der Waals surface area contributed by atoms with Crippen molar-refractivity contribution in [1.82, 2.24) is 19.5 Å². The van der Waals surface area contributed by atoms with Crippen molar-refractivity contribution < 1.29 is 14.6 Å². The van der Waals surface area contributed by atoms with Gasteiger partial charge >= 0.3 is 5.97 Å². The van der Waals surface area contributed by atoms with Crippen LogP contribution in [-0.4, -0.2) is 50.4 Å². The smallest absolute Gasteiger partial charge is 0.314 e. The summed E-state index contributed by atoms with van der Waals surface area (Å²) in [4.78, 5) is 26.8. The molecule has 1 atom stereocenters. The van der Waals surface area contributed by atoms with E-state index in [1.165, 1.54) is 0 Å². The summed E-state index contributed by atoms with van der Waals surface area (Å²) in [5.41, 5.74) is 1.63. The molecule has 132 valence electrons. The molecule has 0 radical (unpaired) electrons. The lowest BCUT2D eigenvalue weighted by Crippen LogP contribution is -2.39. The number of fused-ring (bicyclic) bond motifs is 1. The normalized spacial score (nSPS) is 21.1. The summed E-state index contributed by atoms with van der Waals surface area (Å²) in [6.45, 7) is 3.25. The Morgan fingerprint density at radius 2 is 2.00 bits per heavy atom. The number of hydrogen-bond donors (Lipinski definition) is 1. The van der Waals surface area contributed by atoms with Crippen molar-refractivity contribution >= 4 is 11.9 Å². The van der Waals surface area contributed by atoms with E-state index >= 15 is 0 Å². The van der Waals surface area contributed by atoms with Crippen LogP contribution >= 0.6 is 0 Å². The van der Waals surface area contributed by atoms with Gasteiger partial charge < -0.3 is 19.3 Å². The van der Waals surface area contributed by atoms with Crippen LogP contribution in [0.3, 0.4) is 0 Å². The molecule has 0 bridgehead atoms. The van der Waals surface area contributed by atoms with Crippen LogP contribution in [0.15, 0.2) is 24.8 Å². The molecule has 2 aromatic heterocycles. The van der Waals surface area contributed by atoms with Crippen LogP contribution in [0.4, 0.5) is 5.95 Å². The lowest BCUT2D eigenvalue weighted by Gasteiger charge is -2.32. The highest BCUT2D eigenvalue weighted by Crippen LogP contribution is 2.31. The lowest BCUT2D eigenvalue weighted by molar-refractivity contribution is -0.138. The molecule has 1 saturated heterocycles. The van der Waals surface area contributed by atoms with Gasteiger partial charge in [0, 0.05) is 38.7 Å². The molecule has 0 spiro atoms. The number of imidazole rings is 1. The molecule has 8 nitrogen and oxygen atoms in total. The second kappa shape index (κ2) is 6.79. The highest BCUT2D eigenvalue weighted by Gasteiger charge is 2.35. The van der Waals surface area contributed by atoms with Crippen LogP contribution in [0.2, 0.25) is 0 Å². The molecule has 0 aromatic carbocycles. The van der Waals surface area contributed by atoms with Gasteiger partial charge in [-0.3, -0.25) is 4.79 Å². The van der Waals surface area contributed by atoms with E-state index in [4.69, 9.17) is 4.74 Å². The van der Waals surface area contributed by atoms with Crippen LogP contribution in [0.5, 0.6) is 0 Å². The summed E-state index contributed by atoms with van der Waals surface area (Å²) >= 11 is 0. The van der Waals surface area contributed by atoms with E-state index in [-0.39, 0.29) is 0 Å². The molecule has 0 aliphatic carbocycles. The summed E-state index contributed by atoms with van der Waals surface area (Å²) in [7, 11) is 0. The summed E-state index contributed by atoms with van der Waals surface area (Å²) in [5.74, 6) is -0.416. The van der Waals surface area contributed by atoms with Gasteiger partial charge in [0.05, 0.1) is 24.3 Å². The zero-order valence-electron chi connectivity index (χ0n) is 13.9. The Morgan fingerprint density at radius 1 is 1.24 bits per heavy atom. The van der Waals surface area contributed by atoms with E-state index in [0.29, 0.717) is 25.0 Å². The van der Waals surface area contributed by atoms with E-state index < -0.39 is 11.9 Å². The van der Waals surface area contributed by atoms with Crippen LogP contribution in [-0.2, 0) is 22.6 Å². The molecule has 8 heteroatoms. The molecular weight excluding hydrogens is 322 g/mol. The van der Waals surface area contributed by atoms with Gasteiger partial charge in [-0.25, -0.2) is 15.0 Å². The summed E-state index contributed by atoms with van der Waals surface area (Å²) in [5, 5.41) is 9.77. The number of nitrogens with zero attached hydrogens (tertiary/aromatic N) is 5. The summed E-state index contributed by atoms with van der Waals surface area (Å²) < 4.78 is 7.45. The topological polar surface area (TPSA) is 93.4 Å². The number of hydrogen-bond acceptors (Lipinski definition) is 6. The third kappa shape index (κ3) is 3.21. The van der Waals surface area contributed by atoms with Crippen molar-refractivity contribution in [1.29, 1.82) is 0 Å². The molecular formula is C17H21N5O3. The fourth-order valence-electron chi connectivity index (χ4n) is 3.66. The van der Waals surface area contributed by atoms with E-state index in [2.05, 4.69) is 15.0 Å². The van der Waals surface area contributed by atoms with Crippen molar-refractivity contribution in [2.45, 2.75) is 31.8 Å². The number of aromatic nitrogens is 4. The molecule has 4 heterocycles. The first-order valence-electron chi connectivity index (χ1n) is 8.59. The summed E-state index contributed by atoms with van der Waals surface area (Å²) in [6, 6.07) is 1.75. The maximum atomic E-state index is 11.9. The van der Waals surface area contributed by atoms with Gasteiger partial charge in [0.25, 0.3) is 0 Å². The van der Waals surface area contributed by atoms with Gasteiger partial charge in [0.15, 0.2) is 0 Å². The van der Waals surface area contributed by atoms with Crippen molar-refractivity contribution in [2.24, 2.45) is 5.92 Å². The number of aliphatic carboxylic acids is 1. The molecule has 0 amide bonds. The van der Waals surface area contributed by atoms with Crippen molar-refractivity contribution in [3.05, 3.63) is 36.2 Å². The molecule has 1 unspecified atom stereocenters. The molecule has 2 aliphatic heterocycles. The molecule has 4 rings (SSSR count). The quantitative estimate of drug-likeness (QED) is 0.894. The van der Waals surface area contributed by atoms with E-state index in [9.17, 15) is 9.90 Å². The minimum atomic E-state index is -0.837. The van der Waals surface area contributed by atoms with Gasteiger partial charge in [-0.1, -0.05) is 0 Å². The van der Waals surface area contributed by atoms with Crippen molar-refractivity contribution in [2.75, 3.05) is 24.7 Å². The van der Waals surface area contributed by atoms with E-state index in [1.54, 1.807) is 24.8 Å².